The number of carbonyl (C=O) groups excluding carboxylic acids is 1. The highest BCUT2D eigenvalue weighted by molar-refractivity contribution is 7.90. The molecule has 0 aliphatic carbocycles. The fourth-order valence-electron chi connectivity index (χ4n) is 2.15. The molecule has 0 aliphatic rings. The van der Waals surface area contributed by atoms with Crippen LogP contribution in [0.2, 0.25) is 0 Å². The lowest BCUT2D eigenvalue weighted by Crippen LogP contribution is -2.13. The van der Waals surface area contributed by atoms with Gasteiger partial charge < -0.3 is 5.32 Å². The summed E-state index contributed by atoms with van der Waals surface area (Å²) in [6.07, 6.45) is 1.17. The molecule has 1 aromatic carbocycles. The monoisotopic (exact) mass is 337 g/mol. The molecular formula is C16H19NO3S2. The number of benzene rings is 1. The molecule has 1 heterocycles. The minimum absolute atomic E-state index is 0.0889. The Hall–Kier alpha value is -1.66. The van der Waals surface area contributed by atoms with Gasteiger partial charge in [-0.15, -0.1) is 0 Å². The van der Waals surface area contributed by atoms with Gasteiger partial charge in [-0.05, 0) is 53.4 Å². The van der Waals surface area contributed by atoms with Gasteiger partial charge in [-0.2, -0.15) is 11.3 Å². The molecule has 0 radical (unpaired) electrons. The van der Waals surface area contributed by atoms with E-state index in [0.29, 0.717) is 17.8 Å². The van der Waals surface area contributed by atoms with Crippen molar-refractivity contribution < 1.29 is 13.2 Å². The summed E-state index contributed by atoms with van der Waals surface area (Å²) in [7, 11) is -3.35. The van der Waals surface area contributed by atoms with Crippen molar-refractivity contribution in [1.82, 2.24) is 0 Å². The van der Waals surface area contributed by atoms with E-state index in [1.807, 2.05) is 5.38 Å². The normalized spacial score (nSPS) is 12.9. The van der Waals surface area contributed by atoms with E-state index in [2.05, 4.69) is 23.7 Å². The summed E-state index contributed by atoms with van der Waals surface area (Å²) in [5.74, 6) is 0.161. The van der Waals surface area contributed by atoms with Gasteiger partial charge in [-0.1, -0.05) is 6.92 Å². The molecule has 1 atom stereocenters. The fraction of sp³-hybridized carbons (Fsp3) is 0.312. The third-order valence-corrected chi connectivity index (χ3v) is 5.35. The second-order valence-corrected chi connectivity index (χ2v) is 8.14. The van der Waals surface area contributed by atoms with E-state index in [9.17, 15) is 13.2 Å². The average molecular weight is 337 g/mol. The number of rotatable bonds is 6. The van der Waals surface area contributed by atoms with Gasteiger partial charge in [0.05, 0.1) is 10.6 Å². The second kappa shape index (κ2) is 6.62. The highest BCUT2D eigenvalue weighted by Gasteiger charge is 2.16. The molecule has 1 aromatic heterocycles. The van der Waals surface area contributed by atoms with Crippen molar-refractivity contribution >= 4 is 32.6 Å². The summed E-state index contributed by atoms with van der Waals surface area (Å²) in [6.45, 7) is 4.14. The molecule has 0 saturated heterocycles. The zero-order valence-electron chi connectivity index (χ0n) is 12.8. The second-order valence-electron chi connectivity index (χ2n) is 5.38. The zero-order valence-corrected chi connectivity index (χ0v) is 14.4. The van der Waals surface area contributed by atoms with Crippen LogP contribution in [-0.4, -0.2) is 27.0 Å². The van der Waals surface area contributed by atoms with E-state index in [0.717, 1.165) is 0 Å². The SMILES string of the molecule is CC(=O)c1ccc(S(C)(=O)=O)c(NCC(C)c2ccsc2)c1. The lowest BCUT2D eigenvalue weighted by atomic mass is 10.0. The quantitative estimate of drug-likeness (QED) is 0.819. The molecule has 2 rings (SSSR count). The van der Waals surface area contributed by atoms with Crippen LogP contribution in [0.15, 0.2) is 39.9 Å². The summed E-state index contributed by atoms with van der Waals surface area (Å²) in [5, 5.41) is 7.27. The number of hydrogen-bond acceptors (Lipinski definition) is 5. The number of nitrogens with one attached hydrogen (secondary N) is 1. The number of anilines is 1. The molecule has 0 amide bonds. The Morgan fingerprint density at radius 3 is 2.59 bits per heavy atom. The molecule has 0 bridgehead atoms. The molecule has 0 fully saturated rings. The third-order valence-electron chi connectivity index (χ3n) is 3.50. The Kier molecular flexibility index (Phi) is 5.03. The maximum Gasteiger partial charge on any atom is 0.177 e. The first-order chi connectivity index (χ1) is 10.3. The van der Waals surface area contributed by atoms with Crippen LogP contribution >= 0.6 is 11.3 Å². The minimum atomic E-state index is -3.35. The van der Waals surface area contributed by atoms with Crippen LogP contribution in [0.25, 0.3) is 0 Å². The predicted octanol–water partition coefficient (Wildman–Crippen LogP) is 3.57. The van der Waals surface area contributed by atoms with Crippen LogP contribution in [-0.2, 0) is 9.84 Å². The molecule has 0 saturated carbocycles. The van der Waals surface area contributed by atoms with Gasteiger partial charge in [0.1, 0.15) is 0 Å². The molecule has 0 aliphatic heterocycles. The first-order valence-corrected chi connectivity index (χ1v) is 9.73. The number of sulfone groups is 1. The topological polar surface area (TPSA) is 63.2 Å². The van der Waals surface area contributed by atoms with E-state index in [1.165, 1.54) is 24.8 Å². The number of ketones is 1. The van der Waals surface area contributed by atoms with E-state index < -0.39 is 9.84 Å². The number of Topliss-reactive ketones (excluding diaryl/α,β-unsaturated/α-hetero) is 1. The van der Waals surface area contributed by atoms with Crippen LogP contribution in [0.1, 0.15) is 35.7 Å². The van der Waals surface area contributed by atoms with Crippen molar-refractivity contribution in [2.24, 2.45) is 0 Å². The Morgan fingerprint density at radius 1 is 1.32 bits per heavy atom. The number of thiophene rings is 1. The fourth-order valence-corrected chi connectivity index (χ4v) is 3.77. The van der Waals surface area contributed by atoms with Gasteiger partial charge in [0.15, 0.2) is 15.6 Å². The molecule has 22 heavy (non-hydrogen) atoms. The van der Waals surface area contributed by atoms with Crippen LogP contribution in [0, 0.1) is 0 Å². The van der Waals surface area contributed by atoms with Gasteiger partial charge in [-0.25, -0.2) is 8.42 Å². The van der Waals surface area contributed by atoms with Gasteiger partial charge in [0.25, 0.3) is 0 Å². The Balaban J connectivity index is 2.27. The molecule has 118 valence electrons. The van der Waals surface area contributed by atoms with Crippen molar-refractivity contribution in [3.05, 3.63) is 46.2 Å². The predicted molar refractivity (Wildman–Crippen MR) is 90.8 cm³/mol. The average Bonchev–Trinajstić information content (AvgIpc) is 2.97. The smallest absolute Gasteiger partial charge is 0.177 e. The first kappa shape index (κ1) is 16.7. The van der Waals surface area contributed by atoms with Crippen LogP contribution in [0.5, 0.6) is 0 Å². The number of hydrogen-bond donors (Lipinski definition) is 1. The zero-order chi connectivity index (χ0) is 16.3. The van der Waals surface area contributed by atoms with E-state index in [-0.39, 0.29) is 16.6 Å². The van der Waals surface area contributed by atoms with Crippen molar-refractivity contribution in [2.45, 2.75) is 24.7 Å². The molecule has 1 unspecified atom stereocenters. The van der Waals surface area contributed by atoms with E-state index in [4.69, 9.17) is 0 Å². The third kappa shape index (κ3) is 3.96. The lowest BCUT2D eigenvalue weighted by Gasteiger charge is -2.15. The Bertz CT molecular complexity index is 765. The molecule has 0 spiro atoms. The van der Waals surface area contributed by atoms with Crippen molar-refractivity contribution in [2.75, 3.05) is 18.1 Å². The van der Waals surface area contributed by atoms with Gasteiger partial charge in [0, 0.05) is 18.4 Å². The summed E-state index contributed by atoms with van der Waals surface area (Å²) in [4.78, 5) is 11.7. The van der Waals surface area contributed by atoms with Crippen molar-refractivity contribution in [3.8, 4) is 0 Å². The maximum absolute atomic E-state index is 11.9. The van der Waals surface area contributed by atoms with Gasteiger partial charge in [-0.3, -0.25) is 4.79 Å². The molecular weight excluding hydrogens is 318 g/mol. The van der Waals surface area contributed by atoms with Gasteiger partial charge >= 0.3 is 0 Å². The van der Waals surface area contributed by atoms with Crippen molar-refractivity contribution in [1.29, 1.82) is 0 Å². The Labute approximate surface area is 135 Å². The van der Waals surface area contributed by atoms with Crippen LogP contribution in [0.3, 0.4) is 0 Å². The summed E-state index contributed by atoms with van der Waals surface area (Å²) in [5.41, 5.74) is 2.19. The minimum Gasteiger partial charge on any atom is -0.383 e. The number of carbonyl (C=O) groups is 1. The summed E-state index contributed by atoms with van der Waals surface area (Å²) >= 11 is 1.64. The first-order valence-electron chi connectivity index (χ1n) is 6.90. The molecule has 1 N–H and O–H groups in total. The summed E-state index contributed by atoms with van der Waals surface area (Å²) < 4.78 is 23.8. The van der Waals surface area contributed by atoms with Gasteiger partial charge in [0.2, 0.25) is 0 Å². The van der Waals surface area contributed by atoms with Crippen LogP contribution < -0.4 is 5.32 Å². The lowest BCUT2D eigenvalue weighted by molar-refractivity contribution is 0.101. The highest BCUT2D eigenvalue weighted by atomic mass is 32.2. The Morgan fingerprint density at radius 2 is 2.05 bits per heavy atom. The maximum atomic E-state index is 11.9. The van der Waals surface area contributed by atoms with Crippen molar-refractivity contribution in [3.63, 3.8) is 0 Å². The molecule has 2 aromatic rings. The summed E-state index contributed by atoms with van der Waals surface area (Å²) in [6, 6.07) is 6.70. The standard InChI is InChI=1S/C16H19NO3S2/c1-11(14-6-7-21-10-14)9-17-15-8-13(12(2)18)4-5-16(15)22(3,19)20/h4-8,10-11,17H,9H2,1-3H3. The van der Waals surface area contributed by atoms with E-state index >= 15 is 0 Å². The molecule has 6 heteroatoms. The van der Waals surface area contributed by atoms with E-state index in [1.54, 1.807) is 23.5 Å². The van der Waals surface area contributed by atoms with Crippen LogP contribution in [0.4, 0.5) is 5.69 Å². The molecule has 4 nitrogen and oxygen atoms in total. The highest BCUT2D eigenvalue weighted by Crippen LogP contribution is 2.25. The largest absolute Gasteiger partial charge is 0.383 e.